The molecule has 0 N–H and O–H groups in total. The van der Waals surface area contributed by atoms with Crippen molar-refractivity contribution < 1.29 is 18.0 Å². The number of benzene rings is 1. The first-order valence-electron chi connectivity index (χ1n) is 7.51. The molecule has 1 fully saturated rings. The van der Waals surface area contributed by atoms with Gasteiger partial charge in [0.1, 0.15) is 17.4 Å². The minimum Gasteiger partial charge on any atom is -0.467 e. The molecule has 0 bridgehead atoms. The number of anilines is 1. The molecule has 5 heteroatoms. The second-order valence-electron chi connectivity index (χ2n) is 5.76. The lowest BCUT2D eigenvalue weighted by atomic mass is 10.1. The van der Waals surface area contributed by atoms with Crippen molar-refractivity contribution in [3.05, 3.63) is 65.6 Å². The van der Waals surface area contributed by atoms with Crippen molar-refractivity contribution in [3.8, 4) is 0 Å². The number of rotatable bonds is 5. The normalized spacial score (nSPS) is 14.8. The van der Waals surface area contributed by atoms with Gasteiger partial charge in [0.05, 0.1) is 18.5 Å². The van der Waals surface area contributed by atoms with E-state index in [1.54, 1.807) is 12.1 Å². The number of nitrogens with zero attached hydrogens (tertiary/aromatic N) is 1. The maximum absolute atomic E-state index is 14.1. The fraction of sp³-hybridized carbons (Fsp3) is 0.278. The second-order valence-corrected chi connectivity index (χ2v) is 5.76. The zero-order chi connectivity index (χ0) is 16.4. The first-order chi connectivity index (χ1) is 11.0. The zero-order valence-corrected chi connectivity index (χ0v) is 12.8. The summed E-state index contributed by atoms with van der Waals surface area (Å²) in [7, 11) is 0. The third kappa shape index (κ3) is 3.67. The Hall–Kier alpha value is -2.43. The fourth-order valence-corrected chi connectivity index (χ4v) is 2.47. The van der Waals surface area contributed by atoms with Crippen LogP contribution in [0.15, 0.2) is 52.7 Å². The van der Waals surface area contributed by atoms with E-state index in [0.29, 0.717) is 11.7 Å². The molecule has 23 heavy (non-hydrogen) atoms. The van der Waals surface area contributed by atoms with Gasteiger partial charge in [0.15, 0.2) is 0 Å². The maximum Gasteiger partial charge on any atom is 0.251 e. The summed E-state index contributed by atoms with van der Waals surface area (Å²) in [6, 6.07) is 6.59. The fourth-order valence-electron chi connectivity index (χ4n) is 2.47. The summed E-state index contributed by atoms with van der Waals surface area (Å²) in [5, 5.41) is 0. The molecular weight excluding hydrogens is 300 g/mol. The van der Waals surface area contributed by atoms with E-state index in [1.807, 2.05) is 6.92 Å². The summed E-state index contributed by atoms with van der Waals surface area (Å²) in [5.74, 6) is -0.818. The van der Waals surface area contributed by atoms with E-state index in [9.17, 15) is 13.6 Å². The van der Waals surface area contributed by atoms with E-state index in [-0.39, 0.29) is 18.1 Å². The van der Waals surface area contributed by atoms with Crippen LogP contribution >= 0.6 is 0 Å². The largest absolute Gasteiger partial charge is 0.467 e. The number of furan rings is 1. The molecule has 0 saturated heterocycles. The summed E-state index contributed by atoms with van der Waals surface area (Å²) in [4.78, 5) is 13.9. The Morgan fingerprint density at radius 2 is 2.13 bits per heavy atom. The Balaban J connectivity index is 1.92. The third-order valence-corrected chi connectivity index (χ3v) is 3.93. The van der Waals surface area contributed by atoms with Crippen LogP contribution in [0.3, 0.4) is 0 Å². The van der Waals surface area contributed by atoms with Crippen molar-refractivity contribution >= 4 is 11.6 Å². The van der Waals surface area contributed by atoms with Crippen LogP contribution in [0.1, 0.15) is 25.5 Å². The van der Waals surface area contributed by atoms with Crippen molar-refractivity contribution in [1.29, 1.82) is 0 Å². The molecule has 0 atom stereocenters. The van der Waals surface area contributed by atoms with Gasteiger partial charge in [0.2, 0.25) is 0 Å². The van der Waals surface area contributed by atoms with E-state index in [0.717, 1.165) is 30.5 Å². The van der Waals surface area contributed by atoms with Gasteiger partial charge in [-0.15, -0.1) is 0 Å². The molecular formula is C18H17F2NO2. The van der Waals surface area contributed by atoms with E-state index in [2.05, 4.69) is 0 Å². The molecule has 1 heterocycles. The number of hydrogen-bond acceptors (Lipinski definition) is 2. The van der Waals surface area contributed by atoms with E-state index < -0.39 is 11.6 Å². The van der Waals surface area contributed by atoms with Crippen LogP contribution in [0.2, 0.25) is 0 Å². The molecule has 3 rings (SSSR count). The first kappa shape index (κ1) is 15.5. The zero-order valence-electron chi connectivity index (χ0n) is 12.8. The highest BCUT2D eigenvalue weighted by molar-refractivity contribution is 6.01. The van der Waals surface area contributed by atoms with Crippen molar-refractivity contribution in [1.82, 2.24) is 0 Å². The van der Waals surface area contributed by atoms with Crippen LogP contribution in [0.4, 0.5) is 14.5 Å². The van der Waals surface area contributed by atoms with E-state index in [4.69, 9.17) is 4.42 Å². The van der Waals surface area contributed by atoms with Gasteiger partial charge in [-0.25, -0.2) is 8.78 Å². The van der Waals surface area contributed by atoms with Gasteiger partial charge in [-0.3, -0.25) is 9.69 Å². The smallest absolute Gasteiger partial charge is 0.251 e. The molecule has 3 nitrogen and oxygen atoms in total. The van der Waals surface area contributed by atoms with E-state index in [1.165, 1.54) is 23.3 Å². The summed E-state index contributed by atoms with van der Waals surface area (Å²) in [5.41, 5.74) is 1.02. The highest BCUT2D eigenvalue weighted by Gasteiger charge is 2.25. The first-order valence-corrected chi connectivity index (χ1v) is 7.51. The van der Waals surface area contributed by atoms with Crippen LogP contribution in [0.25, 0.3) is 0 Å². The molecule has 120 valence electrons. The molecule has 2 aromatic rings. The Morgan fingerprint density at radius 3 is 2.74 bits per heavy atom. The summed E-state index contributed by atoms with van der Waals surface area (Å²) < 4.78 is 32.5. The highest BCUT2D eigenvalue weighted by Crippen LogP contribution is 2.36. The number of hydrogen-bond donors (Lipinski definition) is 0. The van der Waals surface area contributed by atoms with Gasteiger partial charge in [-0.05, 0) is 49.9 Å². The molecule has 1 saturated carbocycles. The maximum atomic E-state index is 14.1. The lowest BCUT2D eigenvalue weighted by molar-refractivity contribution is -0.114. The monoisotopic (exact) mass is 317 g/mol. The minimum absolute atomic E-state index is 0.0349. The number of halogens is 2. The molecule has 1 aliphatic rings. The van der Waals surface area contributed by atoms with Crippen molar-refractivity contribution in [2.45, 2.75) is 26.3 Å². The molecule has 1 amide bonds. The Kier molecular flexibility index (Phi) is 4.28. The molecule has 0 radical (unpaired) electrons. The highest BCUT2D eigenvalue weighted by atomic mass is 19.1. The van der Waals surface area contributed by atoms with Crippen molar-refractivity contribution in [2.75, 3.05) is 4.90 Å². The van der Waals surface area contributed by atoms with Gasteiger partial charge in [-0.2, -0.15) is 0 Å². The predicted molar refractivity (Wildman–Crippen MR) is 82.7 cm³/mol. The summed E-state index contributed by atoms with van der Waals surface area (Å²) >= 11 is 0. The molecule has 0 unspecified atom stereocenters. The Bertz CT molecular complexity index is 733. The number of amides is 1. The molecule has 1 aromatic carbocycles. The molecule has 1 aliphatic carbocycles. The van der Waals surface area contributed by atoms with Crippen molar-refractivity contribution in [2.24, 2.45) is 5.92 Å². The van der Waals surface area contributed by atoms with Crippen LogP contribution in [-0.2, 0) is 11.3 Å². The average Bonchev–Trinajstić information content (AvgIpc) is 3.23. The molecule has 0 spiro atoms. The standard InChI is InChI=1S/C18H17F2NO2/c1-12(13-4-5-13)9-18(22)21(11-15-3-2-8-23-15)17-7-6-14(19)10-16(17)20/h2-3,6-10,13H,4-5,11H2,1H3/b12-9+. The number of allylic oxidation sites excluding steroid dienone is 1. The van der Waals surface area contributed by atoms with Crippen LogP contribution < -0.4 is 4.90 Å². The third-order valence-electron chi connectivity index (χ3n) is 3.93. The van der Waals surface area contributed by atoms with Gasteiger partial charge in [0.25, 0.3) is 5.91 Å². The topological polar surface area (TPSA) is 33.5 Å². The van der Waals surface area contributed by atoms with Gasteiger partial charge in [-0.1, -0.05) is 5.57 Å². The molecule has 1 aromatic heterocycles. The van der Waals surface area contributed by atoms with Gasteiger partial charge >= 0.3 is 0 Å². The quantitative estimate of drug-likeness (QED) is 0.764. The van der Waals surface area contributed by atoms with Crippen LogP contribution in [0, 0.1) is 17.6 Å². The minimum atomic E-state index is -0.776. The Labute approximate surface area is 133 Å². The number of carbonyl (C=O) groups excluding carboxylic acids is 1. The summed E-state index contributed by atoms with van der Waals surface area (Å²) in [6.45, 7) is 1.99. The van der Waals surface area contributed by atoms with Crippen LogP contribution in [0.5, 0.6) is 0 Å². The van der Waals surface area contributed by atoms with Crippen molar-refractivity contribution in [3.63, 3.8) is 0 Å². The SMILES string of the molecule is C/C(=C\C(=O)N(Cc1ccco1)c1ccc(F)cc1F)C1CC1. The van der Waals surface area contributed by atoms with Gasteiger partial charge in [0, 0.05) is 12.1 Å². The lowest BCUT2D eigenvalue weighted by Crippen LogP contribution is -2.29. The van der Waals surface area contributed by atoms with Gasteiger partial charge < -0.3 is 4.42 Å². The second kappa shape index (κ2) is 6.36. The Morgan fingerprint density at radius 1 is 1.35 bits per heavy atom. The number of carbonyl (C=O) groups is 1. The predicted octanol–water partition coefficient (Wildman–Crippen LogP) is 4.45. The summed E-state index contributed by atoms with van der Waals surface area (Å²) in [6.07, 6.45) is 5.19. The van der Waals surface area contributed by atoms with Crippen LogP contribution in [-0.4, -0.2) is 5.91 Å². The van der Waals surface area contributed by atoms with E-state index >= 15 is 0 Å². The average molecular weight is 317 g/mol. The molecule has 0 aliphatic heterocycles. The lowest BCUT2D eigenvalue weighted by Gasteiger charge is -2.21.